The van der Waals surface area contributed by atoms with Gasteiger partial charge in [0.15, 0.2) is 0 Å². The van der Waals surface area contributed by atoms with E-state index in [1.165, 1.54) is 25.7 Å². The highest BCUT2D eigenvalue weighted by Gasteiger charge is 2.17. The molecule has 1 heterocycles. The Morgan fingerprint density at radius 1 is 1.04 bits per heavy atom. The Balaban J connectivity index is 2.06. The lowest BCUT2D eigenvalue weighted by atomic mass is 10.1. The number of aromatic nitrogens is 1. The average Bonchev–Trinajstić information content (AvgIpc) is 2.92. The van der Waals surface area contributed by atoms with Crippen LogP contribution in [0.2, 0.25) is 0 Å². The number of nitro benzene ring substituents is 1. The van der Waals surface area contributed by atoms with Crippen molar-refractivity contribution in [2.24, 2.45) is 0 Å². The number of hydrogen-bond donors (Lipinski definition) is 0. The van der Waals surface area contributed by atoms with Crippen molar-refractivity contribution in [1.82, 2.24) is 4.57 Å². The Kier molecular flexibility index (Phi) is 4.84. The molecule has 0 spiro atoms. The maximum Gasteiger partial charge on any atom is 0.270 e. The second-order valence-electron chi connectivity index (χ2n) is 6.54. The first kappa shape index (κ1) is 16.5. The molecular weight excluding hydrogens is 300 g/mol. The molecule has 0 bridgehead atoms. The highest BCUT2D eigenvalue weighted by atomic mass is 16.6. The smallest absolute Gasteiger partial charge is 0.270 e. The van der Waals surface area contributed by atoms with E-state index < -0.39 is 0 Å². The number of para-hydroxylation sites is 1. The Labute approximate surface area is 142 Å². The lowest BCUT2D eigenvalue weighted by Crippen LogP contribution is -2.04. The fourth-order valence-electron chi connectivity index (χ4n) is 3.58. The second-order valence-corrected chi connectivity index (χ2v) is 6.54. The van der Waals surface area contributed by atoms with Crippen molar-refractivity contribution in [3.63, 3.8) is 0 Å². The van der Waals surface area contributed by atoms with E-state index in [0.717, 1.165) is 28.2 Å². The third-order valence-corrected chi connectivity index (χ3v) is 4.82. The zero-order valence-corrected chi connectivity index (χ0v) is 14.4. The molecule has 1 aromatic heterocycles. The lowest BCUT2D eigenvalue weighted by molar-refractivity contribution is -0.384. The molecule has 1 unspecified atom stereocenters. The van der Waals surface area contributed by atoms with E-state index in [1.807, 2.05) is 18.2 Å². The van der Waals surface area contributed by atoms with Gasteiger partial charge in [0.1, 0.15) is 0 Å². The maximum atomic E-state index is 11.1. The first-order valence-electron chi connectivity index (χ1n) is 8.80. The molecule has 0 fully saturated rings. The molecule has 2 aromatic carbocycles. The van der Waals surface area contributed by atoms with E-state index in [-0.39, 0.29) is 10.6 Å². The molecule has 24 heavy (non-hydrogen) atoms. The van der Waals surface area contributed by atoms with Gasteiger partial charge in [-0.15, -0.1) is 0 Å². The van der Waals surface area contributed by atoms with Crippen LogP contribution in [0.5, 0.6) is 0 Å². The van der Waals surface area contributed by atoms with Crippen LogP contribution in [-0.4, -0.2) is 9.49 Å². The van der Waals surface area contributed by atoms with Crippen molar-refractivity contribution in [2.75, 3.05) is 0 Å². The summed E-state index contributed by atoms with van der Waals surface area (Å²) in [6.45, 7) is 4.47. The molecule has 4 heteroatoms. The average molecular weight is 324 g/mol. The number of rotatable bonds is 7. The van der Waals surface area contributed by atoms with E-state index in [1.54, 1.807) is 12.1 Å². The van der Waals surface area contributed by atoms with Crippen LogP contribution in [0.25, 0.3) is 21.8 Å². The Morgan fingerprint density at radius 3 is 2.54 bits per heavy atom. The predicted molar refractivity (Wildman–Crippen MR) is 99.6 cm³/mol. The van der Waals surface area contributed by atoms with Gasteiger partial charge in [-0.2, -0.15) is 0 Å². The van der Waals surface area contributed by atoms with Gasteiger partial charge >= 0.3 is 0 Å². The van der Waals surface area contributed by atoms with Crippen LogP contribution < -0.4 is 0 Å². The number of nitrogens with zero attached hydrogens (tertiary/aromatic N) is 2. The van der Waals surface area contributed by atoms with Crippen molar-refractivity contribution in [3.8, 4) is 0 Å². The van der Waals surface area contributed by atoms with Gasteiger partial charge in [0, 0.05) is 40.0 Å². The van der Waals surface area contributed by atoms with Crippen LogP contribution in [0.4, 0.5) is 5.69 Å². The maximum absolute atomic E-state index is 11.1. The molecule has 0 aliphatic heterocycles. The molecule has 0 radical (unpaired) electrons. The zero-order valence-electron chi connectivity index (χ0n) is 14.4. The quantitative estimate of drug-likeness (QED) is 0.293. The molecule has 0 amide bonds. The van der Waals surface area contributed by atoms with Gasteiger partial charge in [-0.25, -0.2) is 0 Å². The largest absolute Gasteiger partial charge is 0.338 e. The minimum atomic E-state index is -0.320. The molecular formula is C20H24N2O2. The number of unbranched alkanes of at least 4 members (excludes halogenated alkanes) is 3. The highest BCUT2D eigenvalue weighted by Crippen LogP contribution is 2.35. The summed E-state index contributed by atoms with van der Waals surface area (Å²) in [5, 5.41) is 13.2. The minimum Gasteiger partial charge on any atom is -0.338 e. The third-order valence-electron chi connectivity index (χ3n) is 4.82. The van der Waals surface area contributed by atoms with E-state index in [2.05, 4.69) is 30.5 Å². The zero-order chi connectivity index (χ0) is 17.1. The van der Waals surface area contributed by atoms with Gasteiger partial charge in [-0.1, -0.05) is 50.8 Å². The van der Waals surface area contributed by atoms with E-state index in [0.29, 0.717) is 6.04 Å². The van der Waals surface area contributed by atoms with E-state index in [9.17, 15) is 10.1 Å². The van der Waals surface area contributed by atoms with Crippen LogP contribution in [0.15, 0.2) is 42.5 Å². The molecule has 0 saturated carbocycles. The highest BCUT2D eigenvalue weighted by molar-refractivity contribution is 6.08. The molecule has 3 rings (SSSR count). The normalized spacial score (nSPS) is 12.8. The molecule has 0 aliphatic rings. The molecule has 3 aromatic rings. The Morgan fingerprint density at radius 2 is 1.79 bits per heavy atom. The van der Waals surface area contributed by atoms with Gasteiger partial charge in [0.2, 0.25) is 0 Å². The summed E-state index contributed by atoms with van der Waals surface area (Å²) in [6.07, 6.45) is 6.14. The standard InChI is InChI=1S/C20H24N2O2/c1-3-4-5-6-9-15(2)21-19-11-8-7-10-17(19)18-14-16(22(23)24)12-13-20(18)21/h7-8,10-15H,3-6,9H2,1-2H3. The number of hydrogen-bond acceptors (Lipinski definition) is 2. The SMILES string of the molecule is CCCCCCC(C)n1c2ccccc2c2cc([N+](=O)[O-])ccc21. The fourth-order valence-corrected chi connectivity index (χ4v) is 3.58. The van der Waals surface area contributed by atoms with Gasteiger partial charge in [0.05, 0.1) is 4.92 Å². The second kappa shape index (κ2) is 7.04. The number of fused-ring (bicyclic) bond motifs is 3. The summed E-state index contributed by atoms with van der Waals surface area (Å²) in [6, 6.07) is 13.8. The third kappa shape index (κ3) is 3.01. The van der Waals surface area contributed by atoms with Crippen molar-refractivity contribution < 1.29 is 4.92 Å². The van der Waals surface area contributed by atoms with Gasteiger partial charge in [-0.05, 0) is 25.5 Å². The topological polar surface area (TPSA) is 48.1 Å². The van der Waals surface area contributed by atoms with Gasteiger partial charge < -0.3 is 4.57 Å². The summed E-state index contributed by atoms with van der Waals surface area (Å²) < 4.78 is 2.35. The Hall–Kier alpha value is -2.36. The minimum absolute atomic E-state index is 0.154. The van der Waals surface area contributed by atoms with Gasteiger partial charge in [-0.3, -0.25) is 10.1 Å². The van der Waals surface area contributed by atoms with E-state index >= 15 is 0 Å². The van der Waals surface area contributed by atoms with Gasteiger partial charge in [0.25, 0.3) is 5.69 Å². The fraction of sp³-hybridized carbons (Fsp3) is 0.400. The molecule has 0 aliphatic carbocycles. The molecule has 1 atom stereocenters. The summed E-state index contributed by atoms with van der Waals surface area (Å²) in [7, 11) is 0. The molecule has 0 N–H and O–H groups in total. The number of non-ortho nitro benzene ring substituents is 1. The molecule has 4 nitrogen and oxygen atoms in total. The lowest BCUT2D eigenvalue weighted by Gasteiger charge is -2.17. The van der Waals surface area contributed by atoms with Crippen molar-refractivity contribution >= 4 is 27.5 Å². The summed E-state index contributed by atoms with van der Waals surface area (Å²) in [5.74, 6) is 0. The monoisotopic (exact) mass is 324 g/mol. The van der Waals surface area contributed by atoms with Crippen LogP contribution in [0.1, 0.15) is 52.0 Å². The number of benzene rings is 2. The van der Waals surface area contributed by atoms with Crippen LogP contribution in [0.3, 0.4) is 0 Å². The van der Waals surface area contributed by atoms with Crippen molar-refractivity contribution in [1.29, 1.82) is 0 Å². The van der Waals surface area contributed by atoms with Crippen LogP contribution >= 0.6 is 0 Å². The predicted octanol–water partition coefficient (Wildman–Crippen LogP) is 6.23. The van der Waals surface area contributed by atoms with Crippen LogP contribution in [0, 0.1) is 10.1 Å². The van der Waals surface area contributed by atoms with Crippen molar-refractivity contribution in [2.45, 2.75) is 52.0 Å². The number of nitro groups is 1. The van der Waals surface area contributed by atoms with Crippen molar-refractivity contribution in [3.05, 3.63) is 52.6 Å². The first-order valence-corrected chi connectivity index (χ1v) is 8.80. The summed E-state index contributed by atoms with van der Waals surface area (Å²) in [5.41, 5.74) is 2.40. The van der Waals surface area contributed by atoms with Crippen LogP contribution in [-0.2, 0) is 0 Å². The summed E-state index contributed by atoms with van der Waals surface area (Å²) >= 11 is 0. The molecule has 126 valence electrons. The van der Waals surface area contributed by atoms with E-state index in [4.69, 9.17) is 0 Å². The molecule has 0 saturated heterocycles. The summed E-state index contributed by atoms with van der Waals surface area (Å²) in [4.78, 5) is 10.8. The Bertz CT molecular complexity index is 867. The first-order chi connectivity index (χ1) is 11.6.